The van der Waals surface area contributed by atoms with E-state index in [1.54, 1.807) is 6.07 Å². The summed E-state index contributed by atoms with van der Waals surface area (Å²) >= 11 is 2.63. The second-order valence-electron chi connectivity index (χ2n) is 11.7. The number of nitrogens with one attached hydrogen (secondary N) is 1. The Kier molecular flexibility index (Phi) is 7.02. The van der Waals surface area contributed by atoms with E-state index in [0.717, 1.165) is 85.5 Å². The van der Waals surface area contributed by atoms with Crippen LogP contribution in [0.5, 0.6) is 0 Å². The van der Waals surface area contributed by atoms with Crippen molar-refractivity contribution >= 4 is 40.6 Å². The Bertz CT molecular complexity index is 1480. The van der Waals surface area contributed by atoms with E-state index in [9.17, 15) is 18.0 Å². The van der Waals surface area contributed by atoms with Gasteiger partial charge in [-0.1, -0.05) is 12.1 Å². The summed E-state index contributed by atoms with van der Waals surface area (Å²) in [7, 11) is 2.16. The van der Waals surface area contributed by atoms with Gasteiger partial charge in [-0.05, 0) is 93.8 Å². The van der Waals surface area contributed by atoms with Crippen molar-refractivity contribution < 1.29 is 18.0 Å². The minimum absolute atomic E-state index is 0.0801. The van der Waals surface area contributed by atoms with Crippen LogP contribution in [0.2, 0.25) is 0 Å². The van der Waals surface area contributed by atoms with Crippen molar-refractivity contribution in [3.8, 4) is 10.6 Å². The first-order chi connectivity index (χ1) is 19.7. The molecule has 4 heterocycles. The average molecular weight is 600 g/mol. The Morgan fingerprint density at radius 2 is 1.78 bits per heavy atom. The molecule has 0 unspecified atom stereocenters. The van der Waals surface area contributed by atoms with Crippen molar-refractivity contribution in [1.82, 2.24) is 19.8 Å². The maximum absolute atomic E-state index is 14.1. The van der Waals surface area contributed by atoms with Gasteiger partial charge < -0.3 is 15.1 Å². The van der Waals surface area contributed by atoms with Gasteiger partial charge in [0.25, 0.3) is 5.91 Å². The van der Waals surface area contributed by atoms with E-state index in [-0.39, 0.29) is 23.6 Å². The lowest BCUT2D eigenvalue weighted by Gasteiger charge is -2.29. The van der Waals surface area contributed by atoms with Crippen LogP contribution < -0.4 is 5.32 Å². The summed E-state index contributed by atoms with van der Waals surface area (Å²) in [6.45, 7) is 2.83. The Morgan fingerprint density at radius 1 is 1.00 bits per heavy atom. The highest BCUT2D eigenvalue weighted by Gasteiger charge is 2.39. The van der Waals surface area contributed by atoms with Crippen LogP contribution in [0.4, 0.5) is 24.8 Å². The molecule has 4 aliphatic rings. The second kappa shape index (κ2) is 10.6. The number of thiophene rings is 1. The third-order valence-electron chi connectivity index (χ3n) is 8.59. The maximum Gasteiger partial charge on any atom is 0.420 e. The smallest absolute Gasteiger partial charge is 0.334 e. The quantitative estimate of drug-likeness (QED) is 0.319. The second-order valence-corrected chi connectivity index (χ2v) is 13.8. The Hall–Kier alpha value is -2.63. The van der Waals surface area contributed by atoms with E-state index in [1.807, 2.05) is 11.0 Å². The van der Waals surface area contributed by atoms with Crippen LogP contribution in [0.25, 0.3) is 10.6 Å². The van der Waals surface area contributed by atoms with Gasteiger partial charge in [-0.2, -0.15) is 13.2 Å². The molecule has 7 rings (SSSR count). The number of aromatic nitrogens is 2. The standard InChI is InChI=1S/C30H32F3N5OS2/c1-37-10-8-17(9-11-37)19-4-7-23(21(14-19)18-2-3-18)35-29-34-16-22(30(31,32)33)26(36-29)24-15-25-27(41-24)28(39)38(12-13-40-25)20-5-6-20/h4,7,14-18,20H,2-3,5-6,8-13H2,1H3,(H,34,35,36). The number of amides is 1. The van der Waals surface area contributed by atoms with E-state index in [1.165, 1.54) is 22.9 Å². The number of hydrogen-bond acceptors (Lipinski definition) is 7. The maximum atomic E-state index is 14.1. The lowest BCUT2D eigenvalue weighted by atomic mass is 9.88. The van der Waals surface area contributed by atoms with Crippen molar-refractivity contribution in [2.45, 2.75) is 67.5 Å². The van der Waals surface area contributed by atoms with Crippen molar-refractivity contribution in [1.29, 1.82) is 0 Å². The van der Waals surface area contributed by atoms with Crippen molar-refractivity contribution in [3.63, 3.8) is 0 Å². The molecule has 0 radical (unpaired) electrons. The number of alkyl halides is 3. The third kappa shape index (κ3) is 5.60. The molecule has 3 aromatic rings. The predicted molar refractivity (Wildman–Crippen MR) is 156 cm³/mol. The molecule has 2 saturated carbocycles. The highest BCUT2D eigenvalue weighted by molar-refractivity contribution is 7.99. The van der Waals surface area contributed by atoms with Gasteiger partial charge in [0.1, 0.15) is 10.4 Å². The number of benzene rings is 1. The summed E-state index contributed by atoms with van der Waals surface area (Å²) < 4.78 is 42.4. The molecule has 216 valence electrons. The summed E-state index contributed by atoms with van der Waals surface area (Å²) in [6, 6.07) is 8.42. The summed E-state index contributed by atoms with van der Waals surface area (Å²) in [6.07, 6.45) is 2.69. The zero-order valence-corrected chi connectivity index (χ0v) is 24.5. The first-order valence-electron chi connectivity index (χ1n) is 14.4. The van der Waals surface area contributed by atoms with E-state index in [2.05, 4.69) is 39.4 Å². The monoisotopic (exact) mass is 599 g/mol. The number of hydrogen-bond donors (Lipinski definition) is 1. The number of thioether (sulfide) groups is 1. The molecule has 1 aromatic carbocycles. The zero-order valence-electron chi connectivity index (χ0n) is 22.8. The van der Waals surface area contributed by atoms with Crippen LogP contribution in [-0.4, -0.2) is 64.2 Å². The average Bonchev–Trinajstić information content (AvgIpc) is 3.88. The fourth-order valence-electron chi connectivity index (χ4n) is 5.95. The summed E-state index contributed by atoms with van der Waals surface area (Å²) in [5.74, 6) is 1.75. The molecule has 2 aliphatic heterocycles. The fraction of sp³-hybridized carbons (Fsp3) is 0.500. The van der Waals surface area contributed by atoms with Crippen LogP contribution in [0.15, 0.2) is 35.4 Å². The van der Waals surface area contributed by atoms with E-state index in [4.69, 9.17) is 0 Å². The summed E-state index contributed by atoms with van der Waals surface area (Å²) in [4.78, 5) is 27.6. The Morgan fingerprint density at radius 3 is 2.49 bits per heavy atom. The zero-order chi connectivity index (χ0) is 28.3. The minimum atomic E-state index is -4.62. The van der Waals surface area contributed by atoms with Gasteiger partial charge in [-0.25, -0.2) is 9.97 Å². The van der Waals surface area contributed by atoms with Gasteiger partial charge in [0, 0.05) is 35.1 Å². The number of rotatable bonds is 6. The lowest BCUT2D eigenvalue weighted by molar-refractivity contribution is -0.137. The molecule has 1 saturated heterocycles. The van der Waals surface area contributed by atoms with E-state index < -0.39 is 11.7 Å². The molecular formula is C30H32F3N5OS2. The minimum Gasteiger partial charge on any atom is -0.334 e. The first-order valence-corrected chi connectivity index (χ1v) is 16.2. The van der Waals surface area contributed by atoms with Crippen molar-refractivity contribution in [2.75, 3.05) is 37.8 Å². The number of anilines is 2. The number of likely N-dealkylation sites (tertiary alicyclic amines) is 1. The van der Waals surface area contributed by atoms with Gasteiger partial charge in [0.15, 0.2) is 0 Å². The molecule has 41 heavy (non-hydrogen) atoms. The van der Waals surface area contributed by atoms with Crippen LogP contribution in [0, 0.1) is 0 Å². The molecule has 0 spiro atoms. The topological polar surface area (TPSA) is 61.4 Å². The van der Waals surface area contributed by atoms with Gasteiger partial charge in [0.2, 0.25) is 5.95 Å². The lowest BCUT2D eigenvalue weighted by Crippen LogP contribution is -2.33. The van der Waals surface area contributed by atoms with Crippen molar-refractivity contribution in [3.05, 3.63) is 52.0 Å². The highest BCUT2D eigenvalue weighted by atomic mass is 32.2. The summed E-state index contributed by atoms with van der Waals surface area (Å²) in [5, 5.41) is 3.26. The van der Waals surface area contributed by atoms with Crippen LogP contribution in [0.1, 0.15) is 76.7 Å². The van der Waals surface area contributed by atoms with Gasteiger partial charge in [-0.15, -0.1) is 23.1 Å². The number of nitrogens with zero attached hydrogens (tertiary/aromatic N) is 4. The van der Waals surface area contributed by atoms with Gasteiger partial charge in [0.05, 0.1) is 10.6 Å². The third-order valence-corrected chi connectivity index (χ3v) is 10.9. The first kappa shape index (κ1) is 27.2. The van der Waals surface area contributed by atoms with Gasteiger partial charge in [-0.3, -0.25) is 4.79 Å². The number of fused-ring (bicyclic) bond motifs is 1. The molecule has 11 heteroatoms. The van der Waals surface area contributed by atoms with Gasteiger partial charge >= 0.3 is 6.18 Å². The van der Waals surface area contributed by atoms with E-state index in [0.29, 0.717) is 28.1 Å². The molecule has 0 bridgehead atoms. The van der Waals surface area contributed by atoms with Crippen LogP contribution >= 0.6 is 23.1 Å². The molecule has 3 fully saturated rings. The SMILES string of the molecule is CN1CCC(c2ccc(Nc3ncc(C(F)(F)F)c(-c4cc5c(s4)C(=O)N(C4CC4)CCS5)n3)c(C3CC3)c2)CC1. The predicted octanol–water partition coefficient (Wildman–Crippen LogP) is 7.36. The Labute approximate surface area is 245 Å². The molecule has 0 atom stereocenters. The largest absolute Gasteiger partial charge is 0.420 e. The molecule has 1 N–H and O–H groups in total. The van der Waals surface area contributed by atoms with Crippen LogP contribution in [0.3, 0.4) is 0 Å². The number of halogens is 3. The molecule has 2 aliphatic carbocycles. The van der Waals surface area contributed by atoms with Crippen molar-refractivity contribution in [2.24, 2.45) is 0 Å². The van der Waals surface area contributed by atoms with E-state index >= 15 is 0 Å². The number of piperidine rings is 1. The normalized spacial score (nSPS) is 20.7. The molecule has 1 amide bonds. The fourth-order valence-corrected chi connectivity index (χ4v) is 8.27. The molecule has 6 nitrogen and oxygen atoms in total. The molecular weight excluding hydrogens is 567 g/mol. The van der Waals surface area contributed by atoms with Crippen LogP contribution in [-0.2, 0) is 6.18 Å². The molecule has 2 aromatic heterocycles. The Balaban J connectivity index is 1.21. The summed E-state index contributed by atoms with van der Waals surface area (Å²) in [5.41, 5.74) is 2.30. The number of carbonyl (C=O) groups is 1. The number of carbonyl (C=O) groups excluding carboxylic acids is 1. The highest BCUT2D eigenvalue weighted by Crippen LogP contribution is 2.47.